The van der Waals surface area contributed by atoms with E-state index in [1.165, 1.54) is 12.7 Å². The maximum Gasteiger partial charge on any atom is 0.276 e. The first-order chi connectivity index (χ1) is 8.38. The molecule has 0 spiro atoms. The Morgan fingerprint density at radius 1 is 0.889 bits per heavy atom. The van der Waals surface area contributed by atoms with Crippen LogP contribution in [0, 0.1) is 0 Å². The number of imidazole rings is 1. The van der Waals surface area contributed by atoms with Crippen molar-refractivity contribution < 1.29 is 0 Å². The third-order valence-electron chi connectivity index (χ3n) is 1.95. The minimum absolute atomic E-state index is 0. The lowest BCUT2D eigenvalue weighted by Gasteiger charge is -1.81. The van der Waals surface area contributed by atoms with Gasteiger partial charge >= 0.3 is 0 Å². The van der Waals surface area contributed by atoms with Crippen LogP contribution in [0.5, 0.6) is 0 Å². The summed E-state index contributed by atoms with van der Waals surface area (Å²) in [5.41, 5.74) is 0.675. The molecule has 1 aliphatic rings. The second-order valence-electron chi connectivity index (χ2n) is 3.10. The van der Waals surface area contributed by atoms with Gasteiger partial charge in [0.05, 0.1) is 12.7 Å². The number of aromatic nitrogens is 4. The van der Waals surface area contributed by atoms with Crippen LogP contribution in [0.4, 0.5) is 0 Å². The molecule has 0 amide bonds. The number of fused-ring (bicyclic) bond motifs is 1. The van der Waals surface area contributed by atoms with Crippen molar-refractivity contribution in [3.63, 3.8) is 0 Å². The molecule has 0 aromatic carbocycles. The van der Waals surface area contributed by atoms with E-state index in [9.17, 15) is 4.79 Å². The lowest BCUT2D eigenvalue weighted by Crippen LogP contribution is -2.05. The fourth-order valence-electron chi connectivity index (χ4n) is 1.18. The van der Waals surface area contributed by atoms with Crippen molar-refractivity contribution in [1.29, 1.82) is 0 Å². The predicted molar refractivity (Wildman–Crippen MR) is 72.3 cm³/mol. The summed E-state index contributed by atoms with van der Waals surface area (Å²) in [4.78, 5) is 23.6. The summed E-state index contributed by atoms with van der Waals surface area (Å²) in [6, 6.07) is 0. The average Bonchev–Trinajstić information content (AvgIpc) is 2.64. The van der Waals surface area contributed by atoms with Gasteiger partial charge in [0.15, 0.2) is 11.2 Å². The van der Waals surface area contributed by atoms with Gasteiger partial charge in [0, 0.05) is 12.4 Å². The minimum Gasteiger partial charge on any atom is -0.368 e. The number of hydrogen-bond donors (Lipinski definition) is 3. The van der Waals surface area contributed by atoms with Crippen LogP contribution in [-0.4, -0.2) is 19.9 Å². The van der Waals surface area contributed by atoms with Crippen molar-refractivity contribution >= 4 is 23.6 Å². The summed E-state index contributed by atoms with van der Waals surface area (Å²) in [5.74, 6) is 0. The van der Waals surface area contributed by atoms with Crippen LogP contribution < -0.4 is 10.9 Å². The molecule has 0 aliphatic carbocycles. The molecule has 3 N–H and O–H groups in total. The van der Waals surface area contributed by atoms with Gasteiger partial charge in [-0.25, -0.2) is 9.97 Å². The average molecular weight is 266 g/mol. The summed E-state index contributed by atoms with van der Waals surface area (Å²) in [7, 11) is 0. The van der Waals surface area contributed by atoms with Gasteiger partial charge in [-0.1, -0.05) is 12.2 Å². The van der Waals surface area contributed by atoms with E-state index >= 15 is 0 Å². The first-order valence-corrected chi connectivity index (χ1v) is 4.99. The van der Waals surface area contributed by atoms with E-state index in [1.807, 2.05) is 36.7 Å². The highest BCUT2D eigenvalue weighted by atomic mass is 35.5. The molecule has 2 aromatic rings. The molecular weight excluding hydrogens is 254 g/mol. The minimum atomic E-state index is -0.192. The van der Waals surface area contributed by atoms with E-state index in [1.54, 1.807) is 0 Å². The number of H-pyrrole nitrogens is 2. The SMILES string of the molecule is C1=CC=CNC=C1.Cl.O=c1[nH]cnc2nc[nH]c12. The van der Waals surface area contributed by atoms with E-state index < -0.39 is 0 Å². The van der Waals surface area contributed by atoms with Crippen LogP contribution in [-0.2, 0) is 0 Å². The Morgan fingerprint density at radius 3 is 2.11 bits per heavy atom. The van der Waals surface area contributed by atoms with Crippen LogP contribution in [0.15, 0.2) is 54.2 Å². The van der Waals surface area contributed by atoms with E-state index in [2.05, 4.69) is 25.3 Å². The standard InChI is InChI=1S/C6H7N.C5H4N4O.ClH/c1-2-4-6-7-5-3-1;10-5-3-4(7-1-6-3)8-2-9-5;/h1-7H;1-2H,(H2,6,7,8,9,10);1H. The molecule has 3 rings (SSSR count). The maximum atomic E-state index is 10.9. The number of nitrogens with zero attached hydrogens (tertiary/aromatic N) is 2. The summed E-state index contributed by atoms with van der Waals surface area (Å²) in [6.45, 7) is 0. The lowest BCUT2D eigenvalue weighted by atomic mass is 10.5. The van der Waals surface area contributed by atoms with Crippen LogP contribution in [0.2, 0.25) is 0 Å². The third kappa shape index (κ3) is 3.60. The monoisotopic (exact) mass is 265 g/mol. The number of hydrogen-bond acceptors (Lipinski definition) is 4. The number of nitrogens with one attached hydrogen (secondary N) is 3. The normalized spacial score (nSPS) is 12.0. The molecule has 6 nitrogen and oxygen atoms in total. The summed E-state index contributed by atoms with van der Waals surface area (Å²) in [5, 5.41) is 2.92. The van der Waals surface area contributed by atoms with Crippen molar-refractivity contribution in [1.82, 2.24) is 25.3 Å². The Kier molecular flexibility index (Phi) is 5.40. The van der Waals surface area contributed by atoms with Crippen molar-refractivity contribution in [2.24, 2.45) is 0 Å². The number of aromatic amines is 2. The largest absolute Gasteiger partial charge is 0.368 e. The predicted octanol–water partition coefficient (Wildman–Crippen LogP) is 1.24. The molecule has 0 saturated carbocycles. The van der Waals surface area contributed by atoms with Crippen molar-refractivity contribution in [2.45, 2.75) is 0 Å². The molecule has 0 fully saturated rings. The number of allylic oxidation sites excluding steroid dienone is 4. The molecule has 0 saturated heterocycles. The summed E-state index contributed by atoms with van der Waals surface area (Å²) in [6.07, 6.45) is 14.3. The van der Waals surface area contributed by atoms with Gasteiger partial charge in [0.1, 0.15) is 0 Å². The van der Waals surface area contributed by atoms with Crippen molar-refractivity contribution in [3.05, 3.63) is 59.7 Å². The van der Waals surface area contributed by atoms with Crippen molar-refractivity contribution in [2.75, 3.05) is 0 Å². The Morgan fingerprint density at radius 2 is 1.50 bits per heavy atom. The van der Waals surface area contributed by atoms with Gasteiger partial charge in [0.2, 0.25) is 0 Å². The van der Waals surface area contributed by atoms with Crippen LogP contribution in [0.1, 0.15) is 0 Å². The van der Waals surface area contributed by atoms with Crippen LogP contribution in [0.25, 0.3) is 11.2 Å². The van der Waals surface area contributed by atoms with E-state index in [-0.39, 0.29) is 18.0 Å². The zero-order valence-electron chi connectivity index (χ0n) is 9.33. The molecule has 0 bridgehead atoms. The van der Waals surface area contributed by atoms with E-state index in [0.717, 1.165) is 0 Å². The fraction of sp³-hybridized carbons (Fsp3) is 0. The second-order valence-corrected chi connectivity index (χ2v) is 3.10. The van der Waals surface area contributed by atoms with Gasteiger partial charge in [-0.05, 0) is 12.2 Å². The highest BCUT2D eigenvalue weighted by Gasteiger charge is 1.97. The highest BCUT2D eigenvalue weighted by molar-refractivity contribution is 5.85. The molecular formula is C11H12ClN5O. The molecule has 2 aromatic heterocycles. The van der Waals surface area contributed by atoms with Gasteiger partial charge in [-0.2, -0.15) is 0 Å². The summed E-state index contributed by atoms with van der Waals surface area (Å²) < 4.78 is 0. The fourth-order valence-corrected chi connectivity index (χ4v) is 1.18. The molecule has 0 unspecified atom stereocenters. The van der Waals surface area contributed by atoms with Crippen LogP contribution >= 0.6 is 12.4 Å². The molecule has 0 atom stereocenters. The third-order valence-corrected chi connectivity index (χ3v) is 1.95. The van der Waals surface area contributed by atoms with Crippen LogP contribution in [0.3, 0.4) is 0 Å². The molecule has 18 heavy (non-hydrogen) atoms. The molecule has 94 valence electrons. The van der Waals surface area contributed by atoms with Gasteiger partial charge in [0.25, 0.3) is 5.56 Å². The topological polar surface area (TPSA) is 86.5 Å². The first kappa shape index (κ1) is 13.7. The second kappa shape index (κ2) is 7.08. The van der Waals surface area contributed by atoms with E-state index in [4.69, 9.17) is 0 Å². The zero-order chi connectivity index (χ0) is 11.9. The number of halogens is 1. The highest BCUT2D eigenvalue weighted by Crippen LogP contribution is 1.94. The lowest BCUT2D eigenvalue weighted by molar-refractivity contribution is 1.15. The molecule has 0 radical (unpaired) electrons. The quantitative estimate of drug-likeness (QED) is 0.669. The van der Waals surface area contributed by atoms with Gasteiger partial charge in [-0.15, -0.1) is 12.4 Å². The number of rotatable bonds is 0. The molecule has 1 aliphatic heterocycles. The summed E-state index contributed by atoms with van der Waals surface area (Å²) >= 11 is 0. The smallest absolute Gasteiger partial charge is 0.276 e. The first-order valence-electron chi connectivity index (χ1n) is 4.99. The Hall–Kier alpha value is -2.34. The Bertz CT molecular complexity index is 611. The van der Waals surface area contributed by atoms with Crippen molar-refractivity contribution in [3.8, 4) is 0 Å². The Labute approximate surface area is 109 Å². The Balaban J connectivity index is 0.000000181. The van der Waals surface area contributed by atoms with Gasteiger partial charge < -0.3 is 15.3 Å². The maximum absolute atomic E-state index is 10.9. The molecule has 7 heteroatoms. The molecule has 3 heterocycles. The zero-order valence-corrected chi connectivity index (χ0v) is 10.1. The van der Waals surface area contributed by atoms with E-state index in [0.29, 0.717) is 11.2 Å². The van der Waals surface area contributed by atoms with Gasteiger partial charge in [-0.3, -0.25) is 4.79 Å².